The minimum atomic E-state index is -1.33. The van der Waals surface area contributed by atoms with Crippen LogP contribution in [0.5, 0.6) is 0 Å². The maximum Gasteiger partial charge on any atom is 0.332 e. The van der Waals surface area contributed by atoms with Gasteiger partial charge in [-0.2, -0.15) is 5.10 Å². The lowest BCUT2D eigenvalue weighted by molar-refractivity contribution is -0.166. The molecule has 22 heavy (non-hydrogen) atoms. The molecule has 0 aromatic heterocycles. The molecule has 2 amide bonds. The first kappa shape index (κ1) is 17.9. The molecule has 0 radical (unpaired) electrons. The van der Waals surface area contributed by atoms with Gasteiger partial charge in [-0.25, -0.2) is 10.2 Å². The summed E-state index contributed by atoms with van der Waals surface area (Å²) in [5.41, 5.74) is 5.52. The molecule has 0 aromatic rings. The van der Waals surface area contributed by atoms with Gasteiger partial charge < -0.3 is 15.2 Å². The number of hydrogen-bond acceptors (Lipinski definition) is 6. The highest BCUT2D eigenvalue weighted by Gasteiger charge is 2.58. The number of nitrogens with zero attached hydrogens (tertiary/aromatic N) is 1. The van der Waals surface area contributed by atoms with Crippen LogP contribution < -0.4 is 11.2 Å². The van der Waals surface area contributed by atoms with Gasteiger partial charge in [0.1, 0.15) is 5.60 Å². The lowest BCUT2D eigenvalue weighted by atomic mass is 9.77. The molecule has 1 aliphatic rings. The molecule has 124 valence electrons. The largest absolute Gasteiger partial charge is 0.465 e. The minimum Gasteiger partial charge on any atom is -0.465 e. The Hall–Kier alpha value is -2.12. The summed E-state index contributed by atoms with van der Waals surface area (Å²) in [6.45, 7) is 7.04. The number of urea groups is 1. The van der Waals surface area contributed by atoms with E-state index in [0.29, 0.717) is 12.1 Å². The van der Waals surface area contributed by atoms with Gasteiger partial charge in [-0.15, -0.1) is 0 Å². The second-order valence-corrected chi connectivity index (χ2v) is 5.95. The first-order valence-electron chi connectivity index (χ1n) is 7.12. The van der Waals surface area contributed by atoms with Crippen LogP contribution in [0.25, 0.3) is 0 Å². The van der Waals surface area contributed by atoms with Gasteiger partial charge in [-0.05, 0) is 40.5 Å². The van der Waals surface area contributed by atoms with Crippen LogP contribution in [0.3, 0.4) is 0 Å². The third kappa shape index (κ3) is 4.19. The van der Waals surface area contributed by atoms with E-state index in [1.165, 1.54) is 0 Å². The molecule has 8 nitrogen and oxygen atoms in total. The Morgan fingerprint density at radius 2 is 2.09 bits per heavy atom. The van der Waals surface area contributed by atoms with Gasteiger partial charge in [-0.1, -0.05) is 0 Å². The van der Waals surface area contributed by atoms with Crippen molar-refractivity contribution in [2.24, 2.45) is 16.3 Å². The minimum absolute atomic E-state index is 0.185. The van der Waals surface area contributed by atoms with E-state index >= 15 is 0 Å². The molecular weight excluding hydrogens is 290 g/mol. The fourth-order valence-electron chi connectivity index (χ4n) is 2.50. The number of hydrogen-bond donors (Lipinski definition) is 2. The standard InChI is InChI=1S/C14H23N3O5/c1-5-21-10(18)14(8-13(3,4)22-11(14)19)7-6-9(2)16-17-12(15)20/h5-8H2,1-4H3,(H3,15,17,20)/b16-9+. The van der Waals surface area contributed by atoms with E-state index < -0.39 is 29.0 Å². The zero-order valence-corrected chi connectivity index (χ0v) is 13.4. The molecule has 1 unspecified atom stereocenters. The van der Waals surface area contributed by atoms with E-state index in [0.717, 1.165) is 0 Å². The maximum atomic E-state index is 12.3. The van der Waals surface area contributed by atoms with Gasteiger partial charge in [0.15, 0.2) is 5.41 Å². The molecule has 0 bridgehead atoms. The van der Waals surface area contributed by atoms with Gasteiger partial charge in [0.2, 0.25) is 0 Å². The predicted molar refractivity (Wildman–Crippen MR) is 78.9 cm³/mol. The Morgan fingerprint density at radius 3 is 2.55 bits per heavy atom. The molecule has 0 aromatic carbocycles. The smallest absolute Gasteiger partial charge is 0.332 e. The number of primary amides is 1. The van der Waals surface area contributed by atoms with Crippen molar-refractivity contribution in [3.05, 3.63) is 0 Å². The normalized spacial score (nSPS) is 23.8. The number of cyclic esters (lactones) is 1. The Kier molecular flexibility index (Phi) is 5.51. The number of nitrogens with two attached hydrogens (primary N) is 1. The quantitative estimate of drug-likeness (QED) is 0.329. The van der Waals surface area contributed by atoms with Gasteiger partial charge in [-0.3, -0.25) is 9.59 Å². The summed E-state index contributed by atoms with van der Waals surface area (Å²) in [6, 6.07) is -0.777. The number of carbonyl (C=O) groups excluding carboxylic acids is 3. The molecule has 1 atom stereocenters. The molecule has 1 heterocycles. The molecule has 1 saturated heterocycles. The van der Waals surface area contributed by atoms with Crippen LogP contribution in [0, 0.1) is 5.41 Å². The molecular formula is C14H23N3O5. The van der Waals surface area contributed by atoms with E-state index in [1.54, 1.807) is 27.7 Å². The number of hydrazone groups is 1. The summed E-state index contributed by atoms with van der Waals surface area (Å²) >= 11 is 0. The fourth-order valence-corrected chi connectivity index (χ4v) is 2.50. The van der Waals surface area contributed by atoms with Gasteiger partial charge in [0, 0.05) is 12.1 Å². The maximum absolute atomic E-state index is 12.3. The van der Waals surface area contributed by atoms with Crippen molar-refractivity contribution in [3.8, 4) is 0 Å². The van der Waals surface area contributed by atoms with Crippen molar-refractivity contribution < 1.29 is 23.9 Å². The lowest BCUT2D eigenvalue weighted by Gasteiger charge is -2.23. The van der Waals surface area contributed by atoms with Crippen LogP contribution in [-0.4, -0.2) is 35.9 Å². The molecule has 0 saturated carbocycles. The summed E-state index contributed by atoms with van der Waals surface area (Å²) in [6.07, 6.45) is 0.766. The first-order chi connectivity index (χ1) is 10.1. The Balaban J connectivity index is 2.89. The molecule has 0 spiro atoms. The molecule has 8 heteroatoms. The third-order valence-electron chi connectivity index (χ3n) is 3.42. The van der Waals surface area contributed by atoms with Crippen molar-refractivity contribution in [3.63, 3.8) is 0 Å². The molecule has 1 rings (SSSR count). The summed E-state index contributed by atoms with van der Waals surface area (Å²) in [7, 11) is 0. The molecule has 1 fully saturated rings. The molecule has 0 aliphatic carbocycles. The number of amides is 2. The highest BCUT2D eigenvalue weighted by atomic mass is 16.6. The van der Waals surface area contributed by atoms with Crippen molar-refractivity contribution >= 4 is 23.7 Å². The topological polar surface area (TPSA) is 120 Å². The zero-order valence-electron chi connectivity index (χ0n) is 13.4. The first-order valence-corrected chi connectivity index (χ1v) is 7.12. The van der Waals surface area contributed by atoms with Crippen LogP contribution in [0.4, 0.5) is 4.79 Å². The average molecular weight is 313 g/mol. The van der Waals surface area contributed by atoms with Crippen LogP contribution in [0.2, 0.25) is 0 Å². The number of ether oxygens (including phenoxy) is 2. The Labute approximate surface area is 129 Å². The van der Waals surface area contributed by atoms with E-state index in [2.05, 4.69) is 10.5 Å². The van der Waals surface area contributed by atoms with Crippen LogP contribution in [-0.2, 0) is 19.1 Å². The highest BCUT2D eigenvalue weighted by Crippen LogP contribution is 2.44. The van der Waals surface area contributed by atoms with Crippen LogP contribution >= 0.6 is 0 Å². The van der Waals surface area contributed by atoms with E-state index in [9.17, 15) is 14.4 Å². The van der Waals surface area contributed by atoms with E-state index in [1.807, 2.05) is 0 Å². The van der Waals surface area contributed by atoms with Gasteiger partial charge in [0.25, 0.3) is 0 Å². The lowest BCUT2D eigenvalue weighted by Crippen LogP contribution is -2.38. The van der Waals surface area contributed by atoms with Crippen LogP contribution in [0.1, 0.15) is 47.0 Å². The van der Waals surface area contributed by atoms with Crippen molar-refractivity contribution in [2.45, 2.75) is 52.6 Å². The van der Waals surface area contributed by atoms with Gasteiger partial charge >= 0.3 is 18.0 Å². The zero-order chi connectivity index (χ0) is 17.0. The summed E-state index contributed by atoms with van der Waals surface area (Å²) in [5, 5.41) is 3.77. The predicted octanol–water partition coefficient (Wildman–Crippen LogP) is 1.09. The van der Waals surface area contributed by atoms with Crippen molar-refractivity contribution in [2.75, 3.05) is 6.61 Å². The van der Waals surface area contributed by atoms with E-state index in [-0.39, 0.29) is 19.4 Å². The number of carbonyl (C=O) groups is 3. The SMILES string of the molecule is CCOC(=O)C1(CC/C(C)=N/NC(N)=O)CC(C)(C)OC1=O. The Morgan fingerprint density at radius 1 is 1.45 bits per heavy atom. The second-order valence-electron chi connectivity index (χ2n) is 5.95. The summed E-state index contributed by atoms with van der Waals surface area (Å²) < 4.78 is 10.3. The summed E-state index contributed by atoms with van der Waals surface area (Å²) in [4.78, 5) is 35.2. The van der Waals surface area contributed by atoms with Crippen molar-refractivity contribution in [1.82, 2.24) is 5.43 Å². The number of nitrogens with one attached hydrogen (secondary N) is 1. The average Bonchev–Trinajstić information content (AvgIpc) is 2.64. The third-order valence-corrected chi connectivity index (χ3v) is 3.42. The second kappa shape index (κ2) is 6.76. The number of rotatable bonds is 6. The summed E-state index contributed by atoms with van der Waals surface area (Å²) in [5.74, 6) is -1.16. The van der Waals surface area contributed by atoms with Gasteiger partial charge in [0.05, 0.1) is 6.61 Å². The molecule has 3 N–H and O–H groups in total. The Bertz CT molecular complexity index is 501. The fraction of sp³-hybridized carbons (Fsp3) is 0.714. The molecule has 1 aliphatic heterocycles. The highest BCUT2D eigenvalue weighted by molar-refractivity contribution is 6.02. The number of esters is 2. The monoisotopic (exact) mass is 313 g/mol. The van der Waals surface area contributed by atoms with Crippen LogP contribution in [0.15, 0.2) is 5.10 Å². The van der Waals surface area contributed by atoms with Crippen molar-refractivity contribution in [1.29, 1.82) is 0 Å². The van der Waals surface area contributed by atoms with E-state index in [4.69, 9.17) is 15.2 Å².